The lowest BCUT2D eigenvalue weighted by molar-refractivity contribution is 1.32. The second-order valence-corrected chi connectivity index (χ2v) is 7.36. The standard InChI is InChI=1S/C29H21N/c1-3-12-27-25(10-1)20-26-11-2-4-13-28(26)29(27)17-16-23-8-5-7-22(19-23)14-15-24-9-6-18-30-21-24/h1-21H/b15-14+,17-16+. The zero-order valence-corrected chi connectivity index (χ0v) is 16.6. The first kappa shape index (κ1) is 18.1. The molecule has 0 unspecified atom stereocenters. The van der Waals surface area contributed by atoms with E-state index >= 15 is 0 Å². The van der Waals surface area contributed by atoms with Gasteiger partial charge in [-0.1, -0.05) is 97.1 Å². The van der Waals surface area contributed by atoms with Gasteiger partial charge in [0.05, 0.1) is 0 Å². The second-order valence-electron chi connectivity index (χ2n) is 7.36. The van der Waals surface area contributed by atoms with E-state index < -0.39 is 0 Å². The Kier molecular flexibility index (Phi) is 4.93. The van der Waals surface area contributed by atoms with Crippen molar-refractivity contribution >= 4 is 45.8 Å². The Balaban J connectivity index is 1.52. The Morgan fingerprint density at radius 3 is 1.77 bits per heavy atom. The van der Waals surface area contributed by atoms with Crippen molar-refractivity contribution in [2.75, 3.05) is 0 Å². The van der Waals surface area contributed by atoms with Crippen LogP contribution in [0.1, 0.15) is 22.3 Å². The largest absolute Gasteiger partial charge is 0.264 e. The molecule has 5 aromatic rings. The molecule has 1 aromatic heterocycles. The van der Waals surface area contributed by atoms with Gasteiger partial charge in [0.15, 0.2) is 0 Å². The third-order valence-electron chi connectivity index (χ3n) is 5.32. The highest BCUT2D eigenvalue weighted by Crippen LogP contribution is 2.30. The predicted octanol–water partition coefficient (Wildman–Crippen LogP) is 7.73. The van der Waals surface area contributed by atoms with E-state index in [4.69, 9.17) is 0 Å². The smallest absolute Gasteiger partial charge is 0.0340 e. The summed E-state index contributed by atoms with van der Waals surface area (Å²) in [6.45, 7) is 0. The van der Waals surface area contributed by atoms with E-state index in [1.54, 1.807) is 6.20 Å². The van der Waals surface area contributed by atoms with Crippen molar-refractivity contribution < 1.29 is 0 Å². The number of aromatic nitrogens is 1. The third-order valence-corrected chi connectivity index (χ3v) is 5.32. The van der Waals surface area contributed by atoms with Gasteiger partial charge >= 0.3 is 0 Å². The van der Waals surface area contributed by atoms with Gasteiger partial charge in [0.2, 0.25) is 0 Å². The highest BCUT2D eigenvalue weighted by Gasteiger charge is 2.04. The van der Waals surface area contributed by atoms with Crippen molar-refractivity contribution in [3.63, 3.8) is 0 Å². The van der Waals surface area contributed by atoms with Crippen LogP contribution in [0.2, 0.25) is 0 Å². The number of hydrogen-bond acceptors (Lipinski definition) is 1. The molecular weight excluding hydrogens is 362 g/mol. The zero-order chi connectivity index (χ0) is 20.2. The van der Waals surface area contributed by atoms with E-state index in [0.717, 1.165) is 5.56 Å². The lowest BCUT2D eigenvalue weighted by Gasteiger charge is -2.08. The van der Waals surface area contributed by atoms with Gasteiger partial charge in [-0.2, -0.15) is 0 Å². The summed E-state index contributed by atoms with van der Waals surface area (Å²) in [6, 6.07) is 32.0. The quantitative estimate of drug-likeness (QED) is 0.228. The van der Waals surface area contributed by atoms with Crippen LogP contribution >= 0.6 is 0 Å². The van der Waals surface area contributed by atoms with E-state index in [2.05, 4.69) is 114 Å². The summed E-state index contributed by atoms with van der Waals surface area (Å²) in [4.78, 5) is 4.16. The summed E-state index contributed by atoms with van der Waals surface area (Å²) in [5.74, 6) is 0. The van der Waals surface area contributed by atoms with Gasteiger partial charge in [-0.3, -0.25) is 4.98 Å². The fraction of sp³-hybridized carbons (Fsp3) is 0. The number of hydrogen-bond donors (Lipinski definition) is 0. The number of benzene rings is 4. The molecule has 1 heteroatoms. The van der Waals surface area contributed by atoms with Gasteiger partial charge in [0.25, 0.3) is 0 Å². The summed E-state index contributed by atoms with van der Waals surface area (Å²) >= 11 is 0. The fourth-order valence-corrected chi connectivity index (χ4v) is 3.84. The summed E-state index contributed by atoms with van der Waals surface area (Å²) < 4.78 is 0. The molecule has 0 fully saturated rings. The molecule has 0 saturated heterocycles. The van der Waals surface area contributed by atoms with E-state index in [-0.39, 0.29) is 0 Å². The molecule has 0 aliphatic heterocycles. The van der Waals surface area contributed by atoms with Gasteiger partial charge in [-0.05, 0) is 62.0 Å². The van der Waals surface area contributed by atoms with Crippen LogP contribution in [-0.4, -0.2) is 4.98 Å². The van der Waals surface area contributed by atoms with E-state index in [9.17, 15) is 0 Å². The highest BCUT2D eigenvalue weighted by atomic mass is 14.6. The average Bonchev–Trinajstić information content (AvgIpc) is 2.81. The number of rotatable bonds is 4. The molecule has 142 valence electrons. The highest BCUT2D eigenvalue weighted by molar-refractivity contribution is 6.07. The van der Waals surface area contributed by atoms with Crippen molar-refractivity contribution in [3.05, 3.63) is 126 Å². The van der Waals surface area contributed by atoms with Crippen molar-refractivity contribution in [2.24, 2.45) is 0 Å². The van der Waals surface area contributed by atoms with Crippen LogP contribution in [0, 0.1) is 0 Å². The molecule has 0 spiro atoms. The second kappa shape index (κ2) is 8.18. The topological polar surface area (TPSA) is 12.9 Å². The van der Waals surface area contributed by atoms with Crippen molar-refractivity contribution in [1.82, 2.24) is 4.98 Å². The number of nitrogens with zero attached hydrogens (tertiary/aromatic N) is 1. The lowest BCUT2D eigenvalue weighted by Crippen LogP contribution is -1.83. The van der Waals surface area contributed by atoms with Crippen LogP contribution in [0.5, 0.6) is 0 Å². The zero-order valence-electron chi connectivity index (χ0n) is 16.6. The van der Waals surface area contributed by atoms with Crippen LogP contribution in [0.15, 0.2) is 103 Å². The Morgan fingerprint density at radius 2 is 1.10 bits per heavy atom. The van der Waals surface area contributed by atoms with Crippen LogP contribution in [0.4, 0.5) is 0 Å². The molecule has 1 heterocycles. The van der Waals surface area contributed by atoms with E-state index in [1.807, 2.05) is 12.3 Å². The first-order chi connectivity index (χ1) is 14.9. The molecule has 0 radical (unpaired) electrons. The molecule has 0 saturated carbocycles. The van der Waals surface area contributed by atoms with Crippen LogP contribution in [0.25, 0.3) is 45.8 Å². The Bertz CT molecular complexity index is 1320. The molecule has 0 amide bonds. The maximum Gasteiger partial charge on any atom is 0.0340 e. The van der Waals surface area contributed by atoms with Gasteiger partial charge < -0.3 is 0 Å². The fourth-order valence-electron chi connectivity index (χ4n) is 3.84. The minimum atomic E-state index is 1.10. The van der Waals surface area contributed by atoms with Crippen LogP contribution in [-0.2, 0) is 0 Å². The van der Waals surface area contributed by atoms with Gasteiger partial charge in [0.1, 0.15) is 0 Å². The molecule has 0 aliphatic carbocycles. The normalized spacial score (nSPS) is 11.7. The average molecular weight is 383 g/mol. The molecule has 0 atom stereocenters. The Morgan fingerprint density at radius 1 is 0.500 bits per heavy atom. The molecule has 30 heavy (non-hydrogen) atoms. The Labute approximate surface area is 176 Å². The molecule has 5 rings (SSSR count). The van der Waals surface area contributed by atoms with Gasteiger partial charge in [-0.15, -0.1) is 0 Å². The van der Waals surface area contributed by atoms with Crippen LogP contribution in [0.3, 0.4) is 0 Å². The summed E-state index contributed by atoms with van der Waals surface area (Å²) in [5, 5.41) is 5.09. The van der Waals surface area contributed by atoms with Crippen molar-refractivity contribution in [3.8, 4) is 0 Å². The first-order valence-electron chi connectivity index (χ1n) is 10.1. The lowest BCUT2D eigenvalue weighted by atomic mass is 9.96. The number of pyridine rings is 1. The summed E-state index contributed by atoms with van der Waals surface area (Å²) in [7, 11) is 0. The molecular formula is C29H21N. The molecule has 4 aromatic carbocycles. The molecule has 0 N–H and O–H groups in total. The molecule has 0 aliphatic rings. The maximum absolute atomic E-state index is 4.16. The van der Waals surface area contributed by atoms with Gasteiger partial charge in [0, 0.05) is 12.4 Å². The molecule has 1 nitrogen and oxygen atoms in total. The van der Waals surface area contributed by atoms with Crippen LogP contribution < -0.4 is 0 Å². The monoisotopic (exact) mass is 383 g/mol. The van der Waals surface area contributed by atoms with Crippen molar-refractivity contribution in [1.29, 1.82) is 0 Å². The van der Waals surface area contributed by atoms with Gasteiger partial charge in [-0.25, -0.2) is 0 Å². The van der Waals surface area contributed by atoms with E-state index in [0.29, 0.717) is 0 Å². The SMILES string of the molecule is C(=C\c1cccc(/C=C/c2c3ccccc3cc3ccccc23)c1)/c1cccnc1. The number of fused-ring (bicyclic) bond motifs is 2. The summed E-state index contributed by atoms with van der Waals surface area (Å²) in [5.41, 5.74) is 4.71. The van der Waals surface area contributed by atoms with E-state index in [1.165, 1.54) is 38.2 Å². The third kappa shape index (κ3) is 3.78. The maximum atomic E-state index is 4.16. The van der Waals surface area contributed by atoms with Crippen molar-refractivity contribution in [2.45, 2.75) is 0 Å². The minimum absolute atomic E-state index is 1.10. The molecule has 0 bridgehead atoms. The first-order valence-corrected chi connectivity index (χ1v) is 10.1. The Hall–Kier alpha value is -3.97. The summed E-state index contributed by atoms with van der Waals surface area (Å²) in [6.07, 6.45) is 12.3. The minimum Gasteiger partial charge on any atom is -0.264 e. The predicted molar refractivity (Wildman–Crippen MR) is 130 cm³/mol.